The number of likely N-dealkylation sites (tertiary alicyclic amines) is 1. The van der Waals surface area contributed by atoms with Gasteiger partial charge in [-0.2, -0.15) is 0 Å². The Hall–Kier alpha value is -3.32. The molecule has 6 nitrogen and oxygen atoms in total. The molecule has 1 aliphatic heterocycles. The van der Waals surface area contributed by atoms with Gasteiger partial charge in [-0.3, -0.25) is 9.59 Å². The largest absolute Gasteiger partial charge is 0.507 e. The zero-order valence-corrected chi connectivity index (χ0v) is 22.4. The van der Waals surface area contributed by atoms with E-state index in [-0.39, 0.29) is 11.3 Å². The summed E-state index contributed by atoms with van der Waals surface area (Å²) in [5.41, 5.74) is 2.79. The van der Waals surface area contributed by atoms with Crippen LogP contribution in [0.3, 0.4) is 0 Å². The average molecular weight is 539 g/mol. The number of carbonyl (C=O) groups is 2. The first kappa shape index (κ1) is 26.7. The number of benzene rings is 3. The SMILES string of the molecule is Cc1cc(OCc2ccccc2)ccc1/C(O)=C1\C(=O)C(=O)N(CCN(C)C)[C@@H]1c1ccc(Cl)c(Cl)c1. The van der Waals surface area contributed by atoms with Crippen molar-refractivity contribution >= 4 is 40.7 Å². The Labute approximate surface area is 226 Å². The second-order valence-electron chi connectivity index (χ2n) is 9.22. The number of halogens is 2. The van der Waals surface area contributed by atoms with Crippen LogP contribution in [-0.4, -0.2) is 53.8 Å². The van der Waals surface area contributed by atoms with Gasteiger partial charge in [-0.25, -0.2) is 0 Å². The number of rotatable bonds is 8. The van der Waals surface area contributed by atoms with Crippen molar-refractivity contribution < 1.29 is 19.4 Å². The molecule has 3 aromatic carbocycles. The lowest BCUT2D eigenvalue weighted by Crippen LogP contribution is -2.35. The smallest absolute Gasteiger partial charge is 0.295 e. The van der Waals surface area contributed by atoms with Gasteiger partial charge in [0, 0.05) is 18.7 Å². The second-order valence-corrected chi connectivity index (χ2v) is 10.0. The van der Waals surface area contributed by atoms with Crippen LogP contribution in [-0.2, 0) is 16.2 Å². The van der Waals surface area contributed by atoms with Gasteiger partial charge in [-0.05, 0) is 68.0 Å². The van der Waals surface area contributed by atoms with Gasteiger partial charge in [-0.15, -0.1) is 0 Å². The van der Waals surface area contributed by atoms with Gasteiger partial charge in [0.15, 0.2) is 0 Å². The monoisotopic (exact) mass is 538 g/mol. The number of carbonyl (C=O) groups excluding carboxylic acids is 2. The van der Waals surface area contributed by atoms with Crippen molar-refractivity contribution in [3.63, 3.8) is 0 Å². The number of amides is 1. The van der Waals surface area contributed by atoms with Crippen LogP contribution in [0.1, 0.15) is 28.3 Å². The van der Waals surface area contributed by atoms with Gasteiger partial charge in [0.05, 0.1) is 21.7 Å². The van der Waals surface area contributed by atoms with E-state index in [4.69, 9.17) is 27.9 Å². The van der Waals surface area contributed by atoms with Gasteiger partial charge in [0.25, 0.3) is 11.7 Å². The van der Waals surface area contributed by atoms with Crippen molar-refractivity contribution in [2.75, 3.05) is 27.2 Å². The highest BCUT2D eigenvalue weighted by atomic mass is 35.5. The molecule has 0 aliphatic carbocycles. The molecule has 1 heterocycles. The maximum absolute atomic E-state index is 13.2. The minimum absolute atomic E-state index is 0.0169. The molecular formula is C29H28Cl2N2O4. The van der Waals surface area contributed by atoms with Gasteiger partial charge < -0.3 is 19.6 Å². The van der Waals surface area contributed by atoms with Crippen LogP contribution in [0.4, 0.5) is 0 Å². The lowest BCUT2D eigenvalue weighted by atomic mass is 9.94. The van der Waals surface area contributed by atoms with E-state index in [1.807, 2.05) is 56.3 Å². The van der Waals surface area contributed by atoms with Crippen LogP contribution in [0.5, 0.6) is 5.75 Å². The van der Waals surface area contributed by atoms with E-state index in [1.54, 1.807) is 36.4 Å². The van der Waals surface area contributed by atoms with E-state index >= 15 is 0 Å². The van der Waals surface area contributed by atoms with Crippen molar-refractivity contribution in [1.29, 1.82) is 0 Å². The first-order valence-electron chi connectivity index (χ1n) is 11.8. The summed E-state index contributed by atoms with van der Waals surface area (Å²) in [6, 6.07) is 19.2. The van der Waals surface area contributed by atoms with Crippen molar-refractivity contribution in [3.8, 4) is 5.75 Å². The molecule has 0 bridgehead atoms. The number of likely N-dealkylation sites (N-methyl/N-ethyl adjacent to an activating group) is 1. The molecule has 8 heteroatoms. The molecular weight excluding hydrogens is 511 g/mol. The van der Waals surface area contributed by atoms with Crippen molar-refractivity contribution in [1.82, 2.24) is 9.80 Å². The number of aryl methyl sites for hydroxylation is 1. The molecule has 1 N–H and O–H groups in total. The minimum atomic E-state index is -0.803. The maximum Gasteiger partial charge on any atom is 0.295 e. The highest BCUT2D eigenvalue weighted by molar-refractivity contribution is 6.47. The Bertz CT molecular complexity index is 1360. The van der Waals surface area contributed by atoms with E-state index in [0.717, 1.165) is 5.56 Å². The van der Waals surface area contributed by atoms with E-state index in [0.29, 0.717) is 52.2 Å². The fourth-order valence-electron chi connectivity index (χ4n) is 4.33. The number of hydrogen-bond donors (Lipinski definition) is 1. The lowest BCUT2D eigenvalue weighted by Gasteiger charge is -2.27. The second kappa shape index (κ2) is 11.4. The minimum Gasteiger partial charge on any atom is -0.507 e. The molecule has 1 atom stereocenters. The molecule has 1 saturated heterocycles. The van der Waals surface area contributed by atoms with Crippen LogP contribution < -0.4 is 4.74 Å². The number of Topliss-reactive ketones (excluding diaryl/α,β-unsaturated/α-hetero) is 1. The molecule has 0 aromatic heterocycles. The van der Waals surface area contributed by atoms with Gasteiger partial charge in [0.1, 0.15) is 18.1 Å². The van der Waals surface area contributed by atoms with Gasteiger partial charge in [0.2, 0.25) is 0 Å². The quantitative estimate of drug-likeness (QED) is 0.221. The predicted molar refractivity (Wildman–Crippen MR) is 146 cm³/mol. The molecule has 0 unspecified atom stereocenters. The fraction of sp³-hybridized carbons (Fsp3) is 0.241. The van der Waals surface area contributed by atoms with E-state index < -0.39 is 17.7 Å². The topological polar surface area (TPSA) is 70.1 Å². The fourth-order valence-corrected chi connectivity index (χ4v) is 4.63. The molecule has 1 fully saturated rings. The Morgan fingerprint density at radius 1 is 1.00 bits per heavy atom. The van der Waals surface area contributed by atoms with Crippen molar-refractivity contribution in [3.05, 3.63) is 105 Å². The first-order chi connectivity index (χ1) is 17.7. The number of nitrogens with zero attached hydrogens (tertiary/aromatic N) is 2. The number of aliphatic hydroxyl groups is 1. The zero-order valence-electron chi connectivity index (χ0n) is 20.9. The normalized spacial score (nSPS) is 17.0. The number of ether oxygens (including phenoxy) is 1. The summed E-state index contributed by atoms with van der Waals surface area (Å²) < 4.78 is 5.90. The molecule has 37 heavy (non-hydrogen) atoms. The summed E-state index contributed by atoms with van der Waals surface area (Å²) in [6.45, 7) is 3.06. The van der Waals surface area contributed by atoms with E-state index in [2.05, 4.69) is 0 Å². The molecule has 1 amide bonds. The van der Waals surface area contributed by atoms with E-state index in [9.17, 15) is 14.7 Å². The summed E-state index contributed by atoms with van der Waals surface area (Å²) in [5.74, 6) is -1.02. The molecule has 0 saturated carbocycles. The Kier molecular flexibility index (Phi) is 8.22. The highest BCUT2D eigenvalue weighted by Crippen LogP contribution is 2.41. The van der Waals surface area contributed by atoms with Crippen LogP contribution in [0.15, 0.2) is 72.3 Å². The third kappa shape index (κ3) is 5.82. The first-order valence-corrected chi connectivity index (χ1v) is 12.6. The summed E-state index contributed by atoms with van der Waals surface area (Å²) in [5, 5.41) is 12.1. The third-order valence-electron chi connectivity index (χ3n) is 6.29. The number of aliphatic hydroxyl groups excluding tert-OH is 1. The summed E-state index contributed by atoms with van der Waals surface area (Å²) >= 11 is 12.4. The third-order valence-corrected chi connectivity index (χ3v) is 7.03. The molecule has 192 valence electrons. The van der Waals surface area contributed by atoms with Crippen LogP contribution >= 0.6 is 23.2 Å². The standard InChI is InChI=1S/C29H28Cl2N2O4/c1-18-15-21(37-17-19-7-5-4-6-8-19)10-11-22(18)27(34)25-26(20-9-12-23(30)24(31)16-20)33(14-13-32(2)3)29(36)28(25)35/h4-12,15-16,26,34H,13-14,17H2,1-3H3/b27-25+/t26-/m1/s1. The number of hydrogen-bond acceptors (Lipinski definition) is 5. The average Bonchev–Trinajstić information content (AvgIpc) is 3.13. The molecule has 0 spiro atoms. The predicted octanol–water partition coefficient (Wildman–Crippen LogP) is 5.86. The summed E-state index contributed by atoms with van der Waals surface area (Å²) in [7, 11) is 3.77. The molecule has 1 aliphatic rings. The van der Waals surface area contributed by atoms with Crippen molar-refractivity contribution in [2.24, 2.45) is 0 Å². The Morgan fingerprint density at radius 2 is 1.73 bits per heavy atom. The van der Waals surface area contributed by atoms with E-state index in [1.165, 1.54) is 4.90 Å². The zero-order chi connectivity index (χ0) is 26.7. The Balaban J connectivity index is 1.72. The number of ketones is 1. The van der Waals surface area contributed by atoms with Crippen LogP contribution in [0, 0.1) is 6.92 Å². The maximum atomic E-state index is 13.2. The van der Waals surface area contributed by atoms with Crippen LogP contribution in [0.25, 0.3) is 5.76 Å². The van der Waals surface area contributed by atoms with Crippen molar-refractivity contribution in [2.45, 2.75) is 19.6 Å². The molecule has 0 radical (unpaired) electrons. The molecule has 3 aromatic rings. The molecule has 4 rings (SSSR count). The highest BCUT2D eigenvalue weighted by Gasteiger charge is 2.46. The van der Waals surface area contributed by atoms with Gasteiger partial charge >= 0.3 is 0 Å². The summed E-state index contributed by atoms with van der Waals surface area (Å²) in [6.07, 6.45) is 0. The van der Waals surface area contributed by atoms with Gasteiger partial charge in [-0.1, -0.05) is 59.6 Å². The lowest BCUT2D eigenvalue weighted by molar-refractivity contribution is -0.140. The van der Waals surface area contributed by atoms with Crippen LogP contribution in [0.2, 0.25) is 10.0 Å². The summed E-state index contributed by atoms with van der Waals surface area (Å²) in [4.78, 5) is 29.7. The Morgan fingerprint density at radius 3 is 2.38 bits per heavy atom.